The molecule has 1 heteroatoms. The van der Waals surface area contributed by atoms with E-state index in [1.807, 2.05) is 0 Å². The molecule has 0 saturated heterocycles. The highest BCUT2D eigenvalue weighted by atomic mass is 28.3. The first-order valence-corrected chi connectivity index (χ1v) is 9.29. The Hall–Kier alpha value is -1.08. The van der Waals surface area contributed by atoms with Crippen molar-refractivity contribution in [2.45, 2.75) is 52.4 Å². The average Bonchev–Trinajstić information content (AvgIpc) is 2.46. The standard InChI is InChI=1S/C18H27Si/c1-3-5-7-12-16-19(17-13-8-6-4-2)18-14-10-9-11-15-18/h9-17H,3-8H2,1-2H3. The molecule has 0 amide bonds. The van der Waals surface area contributed by atoms with Crippen molar-refractivity contribution in [2.24, 2.45) is 0 Å². The molecule has 0 nitrogen and oxygen atoms in total. The first-order valence-electron chi connectivity index (χ1n) is 7.64. The van der Waals surface area contributed by atoms with Crippen molar-refractivity contribution in [2.75, 3.05) is 0 Å². The van der Waals surface area contributed by atoms with E-state index in [1.54, 1.807) is 0 Å². The van der Waals surface area contributed by atoms with Crippen LogP contribution in [-0.4, -0.2) is 8.80 Å². The number of benzene rings is 1. The highest BCUT2D eigenvalue weighted by Gasteiger charge is 2.05. The Morgan fingerprint density at radius 3 is 1.84 bits per heavy atom. The lowest BCUT2D eigenvalue weighted by molar-refractivity contribution is 0.815. The van der Waals surface area contributed by atoms with Gasteiger partial charge >= 0.3 is 0 Å². The molecule has 0 aliphatic heterocycles. The Balaban J connectivity index is 2.62. The molecule has 0 aromatic heterocycles. The third-order valence-electron chi connectivity index (χ3n) is 3.15. The summed E-state index contributed by atoms with van der Waals surface area (Å²) in [5.41, 5.74) is 4.91. The normalized spacial score (nSPS) is 11.9. The van der Waals surface area contributed by atoms with Crippen LogP contribution in [0, 0.1) is 0 Å². The highest BCUT2D eigenvalue weighted by molar-refractivity contribution is 6.82. The zero-order chi connectivity index (χ0) is 13.8. The van der Waals surface area contributed by atoms with Crippen LogP contribution in [-0.2, 0) is 0 Å². The first-order chi connectivity index (χ1) is 9.38. The Bertz CT molecular complexity index is 347. The number of hydrogen-bond acceptors (Lipinski definition) is 0. The van der Waals surface area contributed by atoms with Gasteiger partial charge in [0, 0.05) is 0 Å². The topological polar surface area (TPSA) is 0 Å². The molecule has 1 aromatic rings. The minimum absolute atomic E-state index is 0.644. The van der Waals surface area contributed by atoms with Gasteiger partial charge in [-0.05, 0) is 12.8 Å². The molecule has 1 radical (unpaired) electrons. The minimum Gasteiger partial charge on any atom is -0.0919 e. The second kappa shape index (κ2) is 10.8. The maximum Gasteiger partial charge on any atom is 0.138 e. The van der Waals surface area contributed by atoms with E-state index in [2.05, 4.69) is 67.7 Å². The smallest absolute Gasteiger partial charge is 0.0919 e. The fraction of sp³-hybridized carbons (Fsp3) is 0.444. The van der Waals surface area contributed by atoms with Crippen molar-refractivity contribution in [1.29, 1.82) is 0 Å². The molecule has 0 spiro atoms. The lowest BCUT2D eigenvalue weighted by Crippen LogP contribution is -2.25. The van der Waals surface area contributed by atoms with Gasteiger partial charge in [-0.25, -0.2) is 0 Å². The van der Waals surface area contributed by atoms with Crippen LogP contribution >= 0.6 is 0 Å². The maximum atomic E-state index is 2.46. The summed E-state index contributed by atoms with van der Waals surface area (Å²) < 4.78 is 0. The van der Waals surface area contributed by atoms with Gasteiger partial charge in [0.05, 0.1) is 0 Å². The summed E-state index contributed by atoms with van der Waals surface area (Å²) in [5, 5.41) is 1.49. The molecular formula is C18H27Si. The lowest BCUT2D eigenvalue weighted by Gasteiger charge is -2.06. The minimum atomic E-state index is -0.644. The van der Waals surface area contributed by atoms with Crippen LogP contribution in [0.4, 0.5) is 0 Å². The van der Waals surface area contributed by atoms with Crippen LogP contribution in [0.1, 0.15) is 52.4 Å². The van der Waals surface area contributed by atoms with Crippen molar-refractivity contribution < 1.29 is 0 Å². The summed E-state index contributed by atoms with van der Waals surface area (Å²) >= 11 is 0. The molecule has 0 N–H and O–H groups in total. The quantitative estimate of drug-likeness (QED) is 0.440. The Morgan fingerprint density at radius 1 is 0.842 bits per heavy atom. The van der Waals surface area contributed by atoms with Crippen LogP contribution in [0.3, 0.4) is 0 Å². The highest BCUT2D eigenvalue weighted by Crippen LogP contribution is 2.01. The molecule has 0 bridgehead atoms. The van der Waals surface area contributed by atoms with Crippen LogP contribution in [0.15, 0.2) is 53.9 Å². The van der Waals surface area contributed by atoms with Crippen molar-refractivity contribution in [3.63, 3.8) is 0 Å². The molecule has 103 valence electrons. The summed E-state index contributed by atoms with van der Waals surface area (Å²) in [6, 6.07) is 10.9. The van der Waals surface area contributed by atoms with E-state index in [0.717, 1.165) is 0 Å². The molecule has 0 saturated carbocycles. The van der Waals surface area contributed by atoms with Gasteiger partial charge in [-0.3, -0.25) is 0 Å². The van der Waals surface area contributed by atoms with E-state index in [1.165, 1.54) is 43.7 Å². The van der Waals surface area contributed by atoms with Gasteiger partial charge in [-0.2, -0.15) is 0 Å². The summed E-state index contributed by atoms with van der Waals surface area (Å²) in [6.45, 7) is 4.50. The number of rotatable bonds is 9. The van der Waals surface area contributed by atoms with Gasteiger partial charge in [0.2, 0.25) is 0 Å². The molecule has 19 heavy (non-hydrogen) atoms. The predicted molar refractivity (Wildman–Crippen MR) is 89.2 cm³/mol. The van der Waals surface area contributed by atoms with E-state index < -0.39 is 8.80 Å². The van der Waals surface area contributed by atoms with Crippen LogP contribution in [0.5, 0.6) is 0 Å². The van der Waals surface area contributed by atoms with E-state index >= 15 is 0 Å². The van der Waals surface area contributed by atoms with Gasteiger partial charge in [-0.15, -0.1) is 0 Å². The molecule has 0 atom stereocenters. The average molecular weight is 271 g/mol. The van der Waals surface area contributed by atoms with Crippen LogP contribution in [0.2, 0.25) is 0 Å². The lowest BCUT2D eigenvalue weighted by atomic mass is 10.2. The number of hydrogen-bond donors (Lipinski definition) is 0. The SMILES string of the molecule is CCCCC=C[Si](C=CCCCC)c1ccccc1. The van der Waals surface area contributed by atoms with Crippen molar-refractivity contribution in [1.82, 2.24) is 0 Å². The van der Waals surface area contributed by atoms with E-state index in [-0.39, 0.29) is 0 Å². The van der Waals surface area contributed by atoms with E-state index in [4.69, 9.17) is 0 Å². The van der Waals surface area contributed by atoms with Gasteiger partial charge in [0.1, 0.15) is 8.80 Å². The molecule has 1 aromatic carbocycles. The van der Waals surface area contributed by atoms with Crippen LogP contribution < -0.4 is 5.19 Å². The Labute approximate surface area is 120 Å². The third kappa shape index (κ3) is 7.17. The molecule has 0 fully saturated rings. The van der Waals surface area contributed by atoms with Crippen LogP contribution in [0.25, 0.3) is 0 Å². The van der Waals surface area contributed by atoms with Gasteiger partial charge in [0.25, 0.3) is 0 Å². The fourth-order valence-corrected chi connectivity index (χ4v) is 3.86. The van der Waals surface area contributed by atoms with E-state index in [0.29, 0.717) is 0 Å². The molecule has 0 heterocycles. The fourth-order valence-electron chi connectivity index (χ4n) is 1.94. The largest absolute Gasteiger partial charge is 0.138 e. The predicted octanol–water partition coefficient (Wildman–Crippen LogP) is 4.96. The molecule has 0 aliphatic carbocycles. The zero-order valence-corrected chi connectivity index (χ0v) is 13.4. The first kappa shape index (κ1) is 16.0. The summed E-state index contributed by atoms with van der Waals surface area (Å²) in [5.74, 6) is 0. The second-order valence-corrected chi connectivity index (χ2v) is 7.07. The summed E-state index contributed by atoms with van der Waals surface area (Å²) in [7, 11) is -0.644. The molecule has 0 unspecified atom stereocenters. The zero-order valence-electron chi connectivity index (χ0n) is 12.4. The number of allylic oxidation sites excluding steroid dienone is 2. The van der Waals surface area contributed by atoms with Gasteiger partial charge < -0.3 is 0 Å². The van der Waals surface area contributed by atoms with Crippen molar-refractivity contribution in [3.8, 4) is 0 Å². The Kier molecular flexibility index (Phi) is 9.08. The molecule has 1 rings (SSSR count). The van der Waals surface area contributed by atoms with E-state index in [9.17, 15) is 0 Å². The number of unbranched alkanes of at least 4 members (excludes halogenated alkanes) is 4. The maximum absolute atomic E-state index is 2.46. The second-order valence-electron chi connectivity index (χ2n) is 4.91. The van der Waals surface area contributed by atoms with Gasteiger partial charge in [-0.1, -0.05) is 98.6 Å². The molecular weight excluding hydrogens is 244 g/mol. The van der Waals surface area contributed by atoms with Crippen molar-refractivity contribution in [3.05, 3.63) is 53.9 Å². The summed E-state index contributed by atoms with van der Waals surface area (Å²) in [6.07, 6.45) is 12.4. The Morgan fingerprint density at radius 2 is 1.37 bits per heavy atom. The third-order valence-corrected chi connectivity index (χ3v) is 5.34. The molecule has 0 aliphatic rings. The van der Waals surface area contributed by atoms with Gasteiger partial charge in [0.15, 0.2) is 0 Å². The summed E-state index contributed by atoms with van der Waals surface area (Å²) in [4.78, 5) is 0. The van der Waals surface area contributed by atoms with Crippen molar-refractivity contribution >= 4 is 14.0 Å². The monoisotopic (exact) mass is 271 g/mol.